The predicted octanol–water partition coefficient (Wildman–Crippen LogP) is 4.35. The fourth-order valence-corrected chi connectivity index (χ4v) is 3.19. The fraction of sp³-hybridized carbons (Fsp3) is 0.176. The summed E-state index contributed by atoms with van der Waals surface area (Å²) in [4.78, 5) is 0. The van der Waals surface area contributed by atoms with Gasteiger partial charge in [0.15, 0.2) is 0 Å². The standard InChI is InChI=1S/C17H17NOS/c1-2-19-15-8-7-12-5-3-4-6-14(12)16(15)17(18)13-9-10-20-11-13/h3-11,17H,2,18H2,1H3/t17-/m0/s1. The predicted molar refractivity (Wildman–Crippen MR) is 85.5 cm³/mol. The maximum atomic E-state index is 6.48. The van der Waals surface area contributed by atoms with E-state index in [1.807, 2.05) is 25.1 Å². The second kappa shape index (κ2) is 5.65. The molecule has 3 heteroatoms. The molecule has 0 aliphatic heterocycles. The van der Waals surface area contributed by atoms with Crippen molar-refractivity contribution in [2.45, 2.75) is 13.0 Å². The molecule has 2 aromatic carbocycles. The number of nitrogens with two attached hydrogens (primary N) is 1. The molecule has 1 aromatic heterocycles. The van der Waals surface area contributed by atoms with Crippen LogP contribution in [0.15, 0.2) is 53.2 Å². The Morgan fingerprint density at radius 1 is 1.15 bits per heavy atom. The molecular weight excluding hydrogens is 266 g/mol. The van der Waals surface area contributed by atoms with Crippen molar-refractivity contribution in [1.82, 2.24) is 0 Å². The smallest absolute Gasteiger partial charge is 0.125 e. The average Bonchev–Trinajstić information content (AvgIpc) is 3.01. The highest BCUT2D eigenvalue weighted by Gasteiger charge is 2.17. The highest BCUT2D eigenvalue weighted by atomic mass is 32.1. The number of thiophene rings is 1. The van der Waals surface area contributed by atoms with Gasteiger partial charge in [-0.2, -0.15) is 11.3 Å². The Bertz CT molecular complexity index is 706. The summed E-state index contributed by atoms with van der Waals surface area (Å²) in [5.74, 6) is 0.880. The van der Waals surface area contributed by atoms with Crippen LogP contribution in [-0.2, 0) is 0 Å². The number of hydrogen-bond donors (Lipinski definition) is 1. The van der Waals surface area contributed by atoms with Crippen LogP contribution in [-0.4, -0.2) is 6.61 Å². The summed E-state index contributed by atoms with van der Waals surface area (Å²) >= 11 is 1.67. The van der Waals surface area contributed by atoms with Crippen LogP contribution in [0.5, 0.6) is 5.75 Å². The van der Waals surface area contributed by atoms with Gasteiger partial charge in [0.25, 0.3) is 0 Å². The van der Waals surface area contributed by atoms with Gasteiger partial charge in [0.1, 0.15) is 5.75 Å². The van der Waals surface area contributed by atoms with Gasteiger partial charge in [0.05, 0.1) is 12.6 Å². The minimum absolute atomic E-state index is 0.158. The Labute approximate surface area is 122 Å². The van der Waals surface area contributed by atoms with E-state index >= 15 is 0 Å². The van der Waals surface area contributed by atoms with Gasteiger partial charge in [0, 0.05) is 5.56 Å². The zero-order valence-corrected chi connectivity index (χ0v) is 12.2. The first kappa shape index (κ1) is 13.2. The molecular formula is C17H17NOS. The van der Waals surface area contributed by atoms with E-state index in [1.165, 1.54) is 5.39 Å². The summed E-state index contributed by atoms with van der Waals surface area (Å²) in [6.45, 7) is 2.64. The first-order valence-corrected chi connectivity index (χ1v) is 7.67. The van der Waals surface area contributed by atoms with Crippen molar-refractivity contribution in [3.8, 4) is 5.75 Å². The van der Waals surface area contributed by atoms with Gasteiger partial charge in [0.2, 0.25) is 0 Å². The van der Waals surface area contributed by atoms with Crippen molar-refractivity contribution in [2.24, 2.45) is 5.73 Å². The number of fused-ring (bicyclic) bond motifs is 1. The summed E-state index contributed by atoms with van der Waals surface area (Å²) in [6.07, 6.45) is 0. The van der Waals surface area contributed by atoms with Gasteiger partial charge in [-0.15, -0.1) is 0 Å². The van der Waals surface area contributed by atoms with Gasteiger partial charge < -0.3 is 10.5 Å². The third kappa shape index (κ3) is 2.30. The van der Waals surface area contributed by atoms with Gasteiger partial charge in [-0.05, 0) is 46.2 Å². The van der Waals surface area contributed by atoms with E-state index in [0.29, 0.717) is 6.61 Å². The van der Waals surface area contributed by atoms with Gasteiger partial charge >= 0.3 is 0 Å². The molecule has 3 rings (SSSR count). The van der Waals surface area contributed by atoms with E-state index in [0.717, 1.165) is 22.3 Å². The van der Waals surface area contributed by atoms with Gasteiger partial charge in [-0.3, -0.25) is 0 Å². The summed E-state index contributed by atoms with van der Waals surface area (Å²) < 4.78 is 5.79. The SMILES string of the molecule is CCOc1ccc2ccccc2c1[C@@H](N)c1ccsc1. The van der Waals surface area contributed by atoms with Crippen molar-refractivity contribution >= 4 is 22.1 Å². The first-order valence-electron chi connectivity index (χ1n) is 6.73. The largest absolute Gasteiger partial charge is 0.493 e. The van der Waals surface area contributed by atoms with Crippen molar-refractivity contribution < 1.29 is 4.74 Å². The molecule has 3 aromatic rings. The molecule has 0 unspecified atom stereocenters. The highest BCUT2D eigenvalue weighted by Crippen LogP contribution is 2.35. The maximum absolute atomic E-state index is 6.48. The monoisotopic (exact) mass is 283 g/mol. The highest BCUT2D eigenvalue weighted by molar-refractivity contribution is 7.08. The molecule has 0 radical (unpaired) electrons. The Balaban J connectivity index is 2.21. The second-order valence-corrected chi connectivity index (χ2v) is 5.45. The van der Waals surface area contributed by atoms with Crippen molar-refractivity contribution in [2.75, 3.05) is 6.61 Å². The van der Waals surface area contributed by atoms with E-state index in [4.69, 9.17) is 10.5 Å². The lowest BCUT2D eigenvalue weighted by Crippen LogP contribution is -2.13. The van der Waals surface area contributed by atoms with E-state index < -0.39 is 0 Å². The second-order valence-electron chi connectivity index (χ2n) is 4.67. The van der Waals surface area contributed by atoms with Crippen LogP contribution in [0.25, 0.3) is 10.8 Å². The topological polar surface area (TPSA) is 35.2 Å². The molecule has 0 amide bonds. The molecule has 0 bridgehead atoms. The van der Waals surface area contributed by atoms with Crippen LogP contribution in [0.4, 0.5) is 0 Å². The van der Waals surface area contributed by atoms with Crippen LogP contribution in [0.2, 0.25) is 0 Å². The molecule has 0 fully saturated rings. The van der Waals surface area contributed by atoms with Crippen LogP contribution in [0.3, 0.4) is 0 Å². The van der Waals surface area contributed by atoms with Crippen molar-refractivity contribution in [3.05, 3.63) is 64.4 Å². The minimum Gasteiger partial charge on any atom is -0.493 e. The lowest BCUT2D eigenvalue weighted by atomic mass is 9.95. The quantitative estimate of drug-likeness (QED) is 0.772. The van der Waals surface area contributed by atoms with E-state index in [9.17, 15) is 0 Å². The zero-order chi connectivity index (χ0) is 13.9. The summed E-state index contributed by atoms with van der Waals surface area (Å²) in [6, 6.07) is 14.3. The molecule has 2 N–H and O–H groups in total. The molecule has 0 saturated heterocycles. The molecule has 1 heterocycles. The molecule has 0 saturated carbocycles. The Hall–Kier alpha value is -1.84. The zero-order valence-electron chi connectivity index (χ0n) is 11.4. The van der Waals surface area contributed by atoms with Crippen LogP contribution < -0.4 is 10.5 Å². The average molecular weight is 283 g/mol. The van der Waals surface area contributed by atoms with Crippen molar-refractivity contribution in [3.63, 3.8) is 0 Å². The molecule has 1 atom stereocenters. The first-order chi connectivity index (χ1) is 9.81. The lowest BCUT2D eigenvalue weighted by molar-refractivity contribution is 0.336. The van der Waals surface area contributed by atoms with Crippen LogP contribution in [0, 0.1) is 0 Å². The van der Waals surface area contributed by atoms with Crippen molar-refractivity contribution in [1.29, 1.82) is 0 Å². The number of ether oxygens (including phenoxy) is 1. The number of benzene rings is 2. The molecule has 0 aliphatic rings. The molecule has 2 nitrogen and oxygen atoms in total. The van der Waals surface area contributed by atoms with E-state index in [1.54, 1.807) is 11.3 Å². The Morgan fingerprint density at radius 2 is 2.00 bits per heavy atom. The molecule has 0 spiro atoms. The Kier molecular flexibility index (Phi) is 3.72. The normalized spacial score (nSPS) is 12.5. The summed E-state index contributed by atoms with van der Waals surface area (Å²) in [5, 5.41) is 6.51. The minimum atomic E-state index is -0.158. The lowest BCUT2D eigenvalue weighted by Gasteiger charge is -2.18. The van der Waals surface area contributed by atoms with Crippen LogP contribution in [0.1, 0.15) is 24.1 Å². The molecule has 0 aliphatic carbocycles. The van der Waals surface area contributed by atoms with E-state index in [2.05, 4.69) is 35.0 Å². The maximum Gasteiger partial charge on any atom is 0.125 e. The van der Waals surface area contributed by atoms with E-state index in [-0.39, 0.29) is 6.04 Å². The Morgan fingerprint density at radius 3 is 2.75 bits per heavy atom. The summed E-state index contributed by atoms with van der Waals surface area (Å²) in [7, 11) is 0. The molecule has 102 valence electrons. The number of hydrogen-bond acceptors (Lipinski definition) is 3. The van der Waals surface area contributed by atoms with Gasteiger partial charge in [-0.25, -0.2) is 0 Å². The number of rotatable bonds is 4. The van der Waals surface area contributed by atoms with Crippen LogP contribution >= 0.6 is 11.3 Å². The fourth-order valence-electron chi connectivity index (χ4n) is 2.50. The third-order valence-corrected chi connectivity index (χ3v) is 4.15. The third-order valence-electron chi connectivity index (χ3n) is 3.44. The molecule has 20 heavy (non-hydrogen) atoms. The summed E-state index contributed by atoms with van der Waals surface area (Å²) in [5.41, 5.74) is 8.69. The van der Waals surface area contributed by atoms with Gasteiger partial charge in [-0.1, -0.05) is 30.3 Å².